The number of unbranched alkanes of at least 4 members (excludes halogenated alkanes) is 4. The fourth-order valence-electron chi connectivity index (χ4n) is 3.12. The first-order valence-corrected chi connectivity index (χ1v) is 10.2. The van der Waals surface area contributed by atoms with Crippen LogP contribution in [0.5, 0.6) is 0 Å². The van der Waals surface area contributed by atoms with Crippen molar-refractivity contribution in [1.29, 1.82) is 0 Å². The average Bonchev–Trinajstić information content (AvgIpc) is 2.52. The SMILES string of the molecule is CCCCCCCC(S)C(CCC)C(OCC)(OCC)OCC. The maximum atomic E-state index is 6.00. The van der Waals surface area contributed by atoms with Crippen molar-refractivity contribution in [2.24, 2.45) is 5.92 Å². The molecule has 0 radical (unpaired) electrons. The molecule has 0 aromatic rings. The molecule has 23 heavy (non-hydrogen) atoms. The minimum Gasteiger partial charge on any atom is -0.328 e. The van der Waals surface area contributed by atoms with E-state index in [1.807, 2.05) is 20.8 Å². The summed E-state index contributed by atoms with van der Waals surface area (Å²) in [6.45, 7) is 12.2. The summed E-state index contributed by atoms with van der Waals surface area (Å²) < 4.78 is 18.0. The van der Waals surface area contributed by atoms with Gasteiger partial charge in [0.2, 0.25) is 0 Å². The topological polar surface area (TPSA) is 27.7 Å². The average molecular weight is 349 g/mol. The lowest BCUT2D eigenvalue weighted by molar-refractivity contribution is -0.402. The van der Waals surface area contributed by atoms with Crippen LogP contribution in [0.1, 0.15) is 86.0 Å². The van der Waals surface area contributed by atoms with Crippen molar-refractivity contribution in [2.75, 3.05) is 19.8 Å². The van der Waals surface area contributed by atoms with Crippen LogP contribution in [-0.4, -0.2) is 31.0 Å². The van der Waals surface area contributed by atoms with Crippen molar-refractivity contribution in [3.8, 4) is 0 Å². The van der Waals surface area contributed by atoms with Gasteiger partial charge < -0.3 is 14.2 Å². The molecule has 0 amide bonds. The molecule has 0 bridgehead atoms. The van der Waals surface area contributed by atoms with Crippen molar-refractivity contribution < 1.29 is 14.2 Å². The molecule has 140 valence electrons. The van der Waals surface area contributed by atoms with Gasteiger partial charge in [-0.2, -0.15) is 12.6 Å². The van der Waals surface area contributed by atoms with E-state index in [0.29, 0.717) is 19.8 Å². The van der Waals surface area contributed by atoms with E-state index in [-0.39, 0.29) is 11.2 Å². The van der Waals surface area contributed by atoms with Crippen molar-refractivity contribution in [1.82, 2.24) is 0 Å². The summed E-state index contributed by atoms with van der Waals surface area (Å²) in [6.07, 6.45) is 9.61. The normalized spacial score (nSPS) is 14.9. The maximum absolute atomic E-state index is 6.00. The standard InChI is InChI=1S/C19H40O3S/c1-6-11-12-13-14-16-18(23)17(15-7-2)19(20-8-3,21-9-4)22-10-5/h17-18,23H,6-16H2,1-5H3. The van der Waals surface area contributed by atoms with E-state index in [9.17, 15) is 0 Å². The predicted molar refractivity (Wildman–Crippen MR) is 102 cm³/mol. The number of ether oxygens (including phenoxy) is 3. The third-order valence-electron chi connectivity index (χ3n) is 4.16. The Bertz CT molecular complexity index is 244. The van der Waals surface area contributed by atoms with Crippen LogP contribution in [0.4, 0.5) is 0 Å². The van der Waals surface area contributed by atoms with E-state index in [0.717, 1.165) is 19.3 Å². The van der Waals surface area contributed by atoms with Gasteiger partial charge >= 0.3 is 0 Å². The number of thiol groups is 1. The highest BCUT2D eigenvalue weighted by Gasteiger charge is 2.44. The number of hydrogen-bond donors (Lipinski definition) is 1. The van der Waals surface area contributed by atoms with Crippen LogP contribution in [0.2, 0.25) is 0 Å². The van der Waals surface area contributed by atoms with E-state index in [4.69, 9.17) is 26.8 Å². The highest BCUT2D eigenvalue weighted by atomic mass is 32.1. The van der Waals surface area contributed by atoms with E-state index in [1.54, 1.807) is 0 Å². The first kappa shape index (κ1) is 23.2. The van der Waals surface area contributed by atoms with Gasteiger partial charge in [-0.25, -0.2) is 0 Å². The Kier molecular flexibility index (Phi) is 14.7. The monoisotopic (exact) mass is 348 g/mol. The quantitative estimate of drug-likeness (QED) is 0.216. The number of hydrogen-bond acceptors (Lipinski definition) is 4. The summed E-state index contributed by atoms with van der Waals surface area (Å²) in [7, 11) is 0. The third kappa shape index (κ3) is 8.76. The zero-order valence-corrected chi connectivity index (χ0v) is 17.0. The van der Waals surface area contributed by atoms with Gasteiger partial charge in [0.15, 0.2) is 0 Å². The Morgan fingerprint density at radius 3 is 1.65 bits per heavy atom. The molecule has 3 nitrogen and oxygen atoms in total. The predicted octanol–water partition coefficient (Wildman–Crippen LogP) is 5.82. The summed E-state index contributed by atoms with van der Waals surface area (Å²) >= 11 is 4.92. The molecule has 0 spiro atoms. The van der Waals surface area contributed by atoms with Crippen molar-refractivity contribution in [3.05, 3.63) is 0 Å². The molecule has 2 unspecified atom stereocenters. The Labute approximate surface area is 150 Å². The molecule has 0 rings (SSSR count). The molecule has 4 heteroatoms. The van der Waals surface area contributed by atoms with E-state index in [1.165, 1.54) is 32.1 Å². The number of rotatable bonds is 16. The van der Waals surface area contributed by atoms with E-state index < -0.39 is 5.97 Å². The Morgan fingerprint density at radius 2 is 1.22 bits per heavy atom. The van der Waals surface area contributed by atoms with Gasteiger partial charge in [0, 0.05) is 25.1 Å². The smallest absolute Gasteiger partial charge is 0.286 e. The first-order chi connectivity index (χ1) is 11.1. The fraction of sp³-hybridized carbons (Fsp3) is 1.00. The van der Waals surface area contributed by atoms with Gasteiger partial charge in [-0.05, 0) is 33.6 Å². The second-order valence-electron chi connectivity index (χ2n) is 6.07. The van der Waals surface area contributed by atoms with Crippen LogP contribution in [0.25, 0.3) is 0 Å². The minimum atomic E-state index is -0.940. The lowest BCUT2D eigenvalue weighted by Gasteiger charge is -2.41. The van der Waals surface area contributed by atoms with E-state index in [2.05, 4.69) is 13.8 Å². The van der Waals surface area contributed by atoms with Gasteiger partial charge in [-0.3, -0.25) is 0 Å². The van der Waals surface area contributed by atoms with Crippen molar-refractivity contribution in [2.45, 2.75) is 97.2 Å². The molecule has 0 aliphatic carbocycles. The second kappa shape index (κ2) is 14.6. The summed E-state index contributed by atoms with van der Waals surface area (Å²) in [5.41, 5.74) is 0. The molecule has 0 N–H and O–H groups in total. The molecule has 2 atom stereocenters. The molecule has 0 fully saturated rings. The maximum Gasteiger partial charge on any atom is 0.286 e. The summed E-state index contributed by atoms with van der Waals surface area (Å²) in [4.78, 5) is 0. The molecular formula is C19H40O3S. The molecule has 0 saturated carbocycles. The summed E-state index contributed by atoms with van der Waals surface area (Å²) in [5, 5.41) is 0.237. The van der Waals surface area contributed by atoms with Gasteiger partial charge in [-0.15, -0.1) is 0 Å². The van der Waals surface area contributed by atoms with Gasteiger partial charge in [0.25, 0.3) is 5.97 Å². The van der Waals surface area contributed by atoms with Crippen LogP contribution in [0, 0.1) is 5.92 Å². The summed E-state index contributed by atoms with van der Waals surface area (Å²) in [5.74, 6) is -0.786. The van der Waals surface area contributed by atoms with Crippen LogP contribution in [0.15, 0.2) is 0 Å². The highest BCUT2D eigenvalue weighted by Crippen LogP contribution is 2.36. The van der Waals surface area contributed by atoms with Gasteiger partial charge in [0.05, 0.1) is 5.92 Å². The second-order valence-corrected chi connectivity index (χ2v) is 6.73. The van der Waals surface area contributed by atoms with Gasteiger partial charge in [0.1, 0.15) is 0 Å². The zero-order chi connectivity index (χ0) is 17.6. The Morgan fingerprint density at radius 1 is 0.696 bits per heavy atom. The van der Waals surface area contributed by atoms with Crippen LogP contribution < -0.4 is 0 Å². The van der Waals surface area contributed by atoms with E-state index >= 15 is 0 Å². The highest BCUT2D eigenvalue weighted by molar-refractivity contribution is 7.81. The Balaban J connectivity index is 4.88. The van der Waals surface area contributed by atoms with Crippen LogP contribution in [0.3, 0.4) is 0 Å². The largest absolute Gasteiger partial charge is 0.328 e. The molecule has 0 aromatic heterocycles. The first-order valence-electron chi connectivity index (χ1n) is 9.71. The van der Waals surface area contributed by atoms with Crippen LogP contribution >= 0.6 is 12.6 Å². The van der Waals surface area contributed by atoms with Gasteiger partial charge in [-0.1, -0.05) is 52.4 Å². The summed E-state index contributed by atoms with van der Waals surface area (Å²) in [6, 6.07) is 0. The minimum absolute atomic E-state index is 0.154. The zero-order valence-electron chi connectivity index (χ0n) is 16.1. The fourth-order valence-corrected chi connectivity index (χ4v) is 3.64. The molecule has 0 aliphatic rings. The third-order valence-corrected chi connectivity index (χ3v) is 4.78. The lowest BCUT2D eigenvalue weighted by atomic mass is 9.92. The molecule has 0 saturated heterocycles. The molecule has 0 aromatic carbocycles. The van der Waals surface area contributed by atoms with Crippen molar-refractivity contribution >= 4 is 12.6 Å². The Hall–Kier alpha value is 0.230. The van der Waals surface area contributed by atoms with Crippen molar-refractivity contribution in [3.63, 3.8) is 0 Å². The molecule has 0 heterocycles. The van der Waals surface area contributed by atoms with Crippen LogP contribution in [-0.2, 0) is 14.2 Å². The molecule has 0 aliphatic heterocycles. The lowest BCUT2D eigenvalue weighted by Crippen LogP contribution is -2.50. The molecular weight excluding hydrogens is 308 g/mol.